The van der Waals surface area contributed by atoms with Crippen molar-refractivity contribution in [2.24, 2.45) is 0 Å². The molecule has 0 unspecified atom stereocenters. The summed E-state index contributed by atoms with van der Waals surface area (Å²) in [6.07, 6.45) is 1.52. The zero-order chi connectivity index (χ0) is 23.3. The second-order valence-electron chi connectivity index (χ2n) is 8.33. The predicted molar refractivity (Wildman–Crippen MR) is 115 cm³/mol. The summed E-state index contributed by atoms with van der Waals surface area (Å²) in [5.41, 5.74) is 1.03. The zero-order valence-electron chi connectivity index (χ0n) is 18.5. The number of aromatic amines is 1. The Kier molecular flexibility index (Phi) is 7.06. The maximum absolute atomic E-state index is 12.3. The van der Waals surface area contributed by atoms with Gasteiger partial charge in [-0.1, -0.05) is 32.9 Å². The average Bonchev–Trinajstić information content (AvgIpc) is 3.38. The third kappa shape index (κ3) is 5.80. The molecule has 0 aliphatic heterocycles. The molecule has 3 aromatic rings. The van der Waals surface area contributed by atoms with Gasteiger partial charge in [-0.25, -0.2) is 0 Å². The smallest absolute Gasteiger partial charge is 0.387 e. The number of benzene rings is 1. The minimum absolute atomic E-state index is 0.109. The number of hydrogen-bond donors (Lipinski definition) is 2. The van der Waals surface area contributed by atoms with Crippen molar-refractivity contribution in [2.75, 3.05) is 18.5 Å². The normalized spacial score (nSPS) is 11.6. The summed E-state index contributed by atoms with van der Waals surface area (Å²) in [6, 6.07) is 8.07. The Morgan fingerprint density at radius 3 is 2.53 bits per heavy atom. The Hall–Kier alpha value is -3.50. The quantitative estimate of drug-likeness (QED) is 0.523. The standard InChI is InChI=1S/C21H27F2N7O2/c1-21(2,3)18-27-28-20(30(18)12-11-24-17(31)16-9-10-25-26-16)29(4)13-14-5-7-15(8-6-14)32-19(22)23/h5-10,19H,11-13H2,1-4H3,(H,24,31)(H,25,26). The largest absolute Gasteiger partial charge is 0.435 e. The van der Waals surface area contributed by atoms with E-state index in [1.165, 1.54) is 18.3 Å². The fourth-order valence-corrected chi connectivity index (χ4v) is 3.22. The van der Waals surface area contributed by atoms with Gasteiger partial charge in [-0.05, 0) is 23.8 Å². The second kappa shape index (κ2) is 9.75. The number of nitrogens with one attached hydrogen (secondary N) is 2. The number of carbonyl (C=O) groups is 1. The first-order chi connectivity index (χ1) is 15.1. The lowest BCUT2D eigenvalue weighted by Crippen LogP contribution is -2.31. The minimum Gasteiger partial charge on any atom is -0.435 e. The van der Waals surface area contributed by atoms with Crippen molar-refractivity contribution in [3.63, 3.8) is 0 Å². The molecule has 0 saturated heterocycles. The number of aromatic nitrogens is 5. The van der Waals surface area contributed by atoms with Gasteiger partial charge < -0.3 is 15.0 Å². The Labute approximate surface area is 184 Å². The summed E-state index contributed by atoms with van der Waals surface area (Å²) in [5.74, 6) is 1.29. The molecule has 0 fully saturated rings. The Balaban J connectivity index is 1.72. The maximum Gasteiger partial charge on any atom is 0.387 e. The fourth-order valence-electron chi connectivity index (χ4n) is 3.22. The lowest BCUT2D eigenvalue weighted by Gasteiger charge is -2.23. The van der Waals surface area contributed by atoms with Gasteiger partial charge in [0.25, 0.3) is 5.91 Å². The van der Waals surface area contributed by atoms with Crippen LogP contribution in [0.2, 0.25) is 0 Å². The zero-order valence-corrected chi connectivity index (χ0v) is 18.5. The molecule has 2 aromatic heterocycles. The minimum atomic E-state index is -2.85. The molecule has 0 spiro atoms. The summed E-state index contributed by atoms with van der Waals surface area (Å²) >= 11 is 0. The number of anilines is 1. The summed E-state index contributed by atoms with van der Waals surface area (Å²) in [5, 5.41) is 18.0. The number of ether oxygens (including phenoxy) is 1. The van der Waals surface area contributed by atoms with Crippen LogP contribution in [0.15, 0.2) is 36.5 Å². The molecule has 11 heteroatoms. The van der Waals surface area contributed by atoms with Crippen LogP contribution in [-0.4, -0.2) is 51.1 Å². The molecule has 172 valence electrons. The van der Waals surface area contributed by atoms with E-state index in [0.717, 1.165) is 11.4 Å². The third-order valence-electron chi connectivity index (χ3n) is 4.68. The van der Waals surface area contributed by atoms with Gasteiger partial charge in [-0.15, -0.1) is 10.2 Å². The number of nitrogens with zero attached hydrogens (tertiary/aromatic N) is 5. The topological polar surface area (TPSA) is 101 Å². The second-order valence-corrected chi connectivity index (χ2v) is 8.33. The van der Waals surface area contributed by atoms with Gasteiger partial charge in [0.15, 0.2) is 0 Å². The first-order valence-corrected chi connectivity index (χ1v) is 10.1. The van der Waals surface area contributed by atoms with Gasteiger partial charge in [0.1, 0.15) is 17.3 Å². The molecular formula is C21H27F2N7O2. The van der Waals surface area contributed by atoms with Crippen LogP contribution < -0.4 is 15.0 Å². The van der Waals surface area contributed by atoms with Gasteiger partial charge >= 0.3 is 6.61 Å². The predicted octanol–water partition coefficient (Wildman–Crippen LogP) is 2.97. The first kappa shape index (κ1) is 23.2. The number of rotatable bonds is 9. The first-order valence-electron chi connectivity index (χ1n) is 10.1. The van der Waals surface area contributed by atoms with Crippen molar-refractivity contribution < 1.29 is 18.3 Å². The van der Waals surface area contributed by atoms with Gasteiger partial charge in [0.2, 0.25) is 5.95 Å². The average molecular weight is 447 g/mol. The molecule has 0 saturated carbocycles. The molecule has 3 rings (SSSR count). The molecular weight excluding hydrogens is 420 g/mol. The van der Waals surface area contributed by atoms with Crippen molar-refractivity contribution in [2.45, 2.75) is 45.9 Å². The van der Waals surface area contributed by atoms with E-state index in [9.17, 15) is 13.6 Å². The number of H-pyrrole nitrogens is 1. The van der Waals surface area contributed by atoms with Crippen molar-refractivity contribution in [3.05, 3.63) is 53.6 Å². The van der Waals surface area contributed by atoms with Gasteiger partial charge in [0.05, 0.1) is 0 Å². The van der Waals surface area contributed by atoms with Gasteiger partial charge in [0, 0.05) is 38.3 Å². The van der Waals surface area contributed by atoms with Gasteiger partial charge in [-0.3, -0.25) is 14.5 Å². The van der Waals surface area contributed by atoms with E-state index >= 15 is 0 Å². The monoisotopic (exact) mass is 447 g/mol. The van der Waals surface area contributed by atoms with E-state index in [1.54, 1.807) is 18.2 Å². The molecule has 0 aliphatic rings. The van der Waals surface area contributed by atoms with Crippen LogP contribution in [0.1, 0.15) is 42.6 Å². The molecule has 0 atom stereocenters. The van der Waals surface area contributed by atoms with E-state index in [-0.39, 0.29) is 17.1 Å². The van der Waals surface area contributed by atoms with Gasteiger partial charge in [-0.2, -0.15) is 13.9 Å². The maximum atomic E-state index is 12.3. The van der Waals surface area contributed by atoms with Crippen LogP contribution >= 0.6 is 0 Å². The summed E-state index contributed by atoms with van der Waals surface area (Å²) in [4.78, 5) is 14.1. The number of halogens is 2. The van der Waals surface area contributed by atoms with E-state index in [0.29, 0.717) is 31.3 Å². The SMILES string of the molecule is CN(Cc1ccc(OC(F)F)cc1)c1nnc(C(C)(C)C)n1CCNC(=O)c1ccn[nH]1. The third-order valence-corrected chi connectivity index (χ3v) is 4.68. The van der Waals surface area contributed by atoms with Crippen molar-refractivity contribution in [3.8, 4) is 5.75 Å². The highest BCUT2D eigenvalue weighted by molar-refractivity contribution is 5.92. The molecule has 9 nitrogen and oxygen atoms in total. The number of alkyl halides is 2. The molecule has 2 heterocycles. The van der Waals surface area contributed by atoms with E-state index in [1.807, 2.05) is 37.3 Å². The van der Waals surface area contributed by atoms with E-state index in [4.69, 9.17) is 0 Å². The van der Waals surface area contributed by atoms with E-state index < -0.39 is 6.61 Å². The molecule has 0 aliphatic carbocycles. The van der Waals surface area contributed by atoms with Crippen molar-refractivity contribution >= 4 is 11.9 Å². The van der Waals surface area contributed by atoms with Crippen LogP contribution in [0.4, 0.5) is 14.7 Å². The highest BCUT2D eigenvalue weighted by Gasteiger charge is 2.25. The highest BCUT2D eigenvalue weighted by Crippen LogP contribution is 2.25. The van der Waals surface area contributed by atoms with E-state index in [2.05, 4.69) is 30.4 Å². The molecule has 1 aromatic carbocycles. The van der Waals surface area contributed by atoms with Crippen LogP contribution in [0.5, 0.6) is 5.75 Å². The van der Waals surface area contributed by atoms with Crippen LogP contribution in [0, 0.1) is 0 Å². The van der Waals surface area contributed by atoms with Crippen molar-refractivity contribution in [1.29, 1.82) is 0 Å². The Bertz CT molecular complexity index is 1010. The molecule has 0 bridgehead atoms. The molecule has 0 radical (unpaired) electrons. The summed E-state index contributed by atoms with van der Waals surface area (Å²) in [6.45, 7) is 4.61. The number of hydrogen-bond acceptors (Lipinski definition) is 6. The van der Waals surface area contributed by atoms with Crippen LogP contribution in [-0.2, 0) is 18.5 Å². The summed E-state index contributed by atoms with van der Waals surface area (Å²) in [7, 11) is 1.87. The number of carbonyl (C=O) groups excluding carboxylic acids is 1. The van der Waals surface area contributed by atoms with Crippen LogP contribution in [0.3, 0.4) is 0 Å². The Morgan fingerprint density at radius 1 is 1.22 bits per heavy atom. The Morgan fingerprint density at radius 2 is 1.94 bits per heavy atom. The molecule has 2 N–H and O–H groups in total. The fraction of sp³-hybridized carbons (Fsp3) is 0.429. The lowest BCUT2D eigenvalue weighted by molar-refractivity contribution is -0.0498. The number of amides is 1. The highest BCUT2D eigenvalue weighted by atomic mass is 19.3. The molecule has 1 amide bonds. The van der Waals surface area contributed by atoms with Crippen LogP contribution in [0.25, 0.3) is 0 Å². The molecule has 32 heavy (non-hydrogen) atoms. The lowest BCUT2D eigenvalue weighted by atomic mass is 9.96. The van der Waals surface area contributed by atoms with Crippen molar-refractivity contribution in [1.82, 2.24) is 30.3 Å². The summed E-state index contributed by atoms with van der Waals surface area (Å²) < 4.78 is 31.1.